The molecule has 0 aliphatic carbocycles. The third-order valence-corrected chi connectivity index (χ3v) is 4.34. The SMILES string of the molecule is O=S(=O)(O)c1cc(S(=O)(=O)O)c2c(O)cccc2c1O. The molecule has 2 rings (SSSR count). The van der Waals surface area contributed by atoms with Crippen LogP contribution in [-0.4, -0.2) is 36.2 Å². The van der Waals surface area contributed by atoms with E-state index in [0.717, 1.165) is 12.1 Å². The van der Waals surface area contributed by atoms with Crippen LogP contribution in [0.3, 0.4) is 0 Å². The highest BCUT2D eigenvalue weighted by Crippen LogP contribution is 2.40. The van der Waals surface area contributed by atoms with Crippen LogP contribution in [-0.2, 0) is 20.2 Å². The van der Waals surface area contributed by atoms with Crippen molar-refractivity contribution < 1.29 is 36.2 Å². The number of phenols is 2. The fraction of sp³-hybridized carbons (Fsp3) is 0. The quantitative estimate of drug-likeness (QED) is 0.592. The minimum atomic E-state index is -4.93. The Morgan fingerprint density at radius 1 is 0.850 bits per heavy atom. The number of aromatic hydroxyl groups is 2. The first-order valence-electron chi connectivity index (χ1n) is 4.96. The maximum atomic E-state index is 11.3. The zero-order valence-electron chi connectivity index (χ0n) is 9.55. The van der Waals surface area contributed by atoms with Gasteiger partial charge in [-0.15, -0.1) is 0 Å². The van der Waals surface area contributed by atoms with E-state index in [1.165, 1.54) is 6.07 Å². The summed E-state index contributed by atoms with van der Waals surface area (Å²) < 4.78 is 62.8. The second-order valence-electron chi connectivity index (χ2n) is 3.87. The molecule has 0 bridgehead atoms. The number of rotatable bonds is 2. The highest BCUT2D eigenvalue weighted by atomic mass is 32.2. The van der Waals surface area contributed by atoms with Crippen LogP contribution in [0, 0.1) is 0 Å². The average molecular weight is 320 g/mol. The van der Waals surface area contributed by atoms with E-state index in [1.807, 2.05) is 0 Å². The van der Waals surface area contributed by atoms with Crippen molar-refractivity contribution in [1.29, 1.82) is 0 Å². The minimum Gasteiger partial charge on any atom is -0.507 e. The Bertz CT molecular complexity index is 912. The van der Waals surface area contributed by atoms with Gasteiger partial charge in [-0.25, -0.2) is 0 Å². The number of benzene rings is 2. The molecule has 0 aliphatic heterocycles. The molecule has 0 spiro atoms. The van der Waals surface area contributed by atoms with Crippen LogP contribution in [0.25, 0.3) is 10.8 Å². The molecule has 0 radical (unpaired) electrons. The van der Waals surface area contributed by atoms with E-state index in [9.17, 15) is 27.0 Å². The molecular weight excluding hydrogens is 312 g/mol. The van der Waals surface area contributed by atoms with E-state index in [-0.39, 0.29) is 5.39 Å². The maximum absolute atomic E-state index is 11.3. The van der Waals surface area contributed by atoms with E-state index in [4.69, 9.17) is 9.11 Å². The summed E-state index contributed by atoms with van der Waals surface area (Å²) in [5.41, 5.74) is 0. The van der Waals surface area contributed by atoms with Crippen molar-refractivity contribution >= 4 is 31.0 Å². The Balaban J connectivity index is 3.17. The Hall–Kier alpha value is -1.88. The summed E-state index contributed by atoms with van der Waals surface area (Å²) >= 11 is 0. The molecule has 0 saturated carbocycles. The molecule has 0 amide bonds. The van der Waals surface area contributed by atoms with E-state index < -0.39 is 46.9 Å². The molecule has 0 heterocycles. The van der Waals surface area contributed by atoms with Crippen molar-refractivity contribution in [3.05, 3.63) is 24.3 Å². The molecular formula is C10H8O8S2. The summed E-state index contributed by atoms with van der Waals surface area (Å²) in [6, 6.07) is 3.79. The summed E-state index contributed by atoms with van der Waals surface area (Å²) in [5, 5.41) is 18.6. The van der Waals surface area contributed by atoms with Crippen molar-refractivity contribution in [2.45, 2.75) is 9.79 Å². The number of hydrogen-bond acceptors (Lipinski definition) is 6. The molecule has 0 fully saturated rings. The molecule has 0 unspecified atom stereocenters. The van der Waals surface area contributed by atoms with Gasteiger partial charge in [0.1, 0.15) is 21.3 Å². The predicted molar refractivity (Wildman–Crippen MR) is 66.9 cm³/mol. The van der Waals surface area contributed by atoms with Gasteiger partial charge in [-0.1, -0.05) is 12.1 Å². The maximum Gasteiger partial charge on any atom is 0.298 e. The van der Waals surface area contributed by atoms with Gasteiger partial charge in [-0.2, -0.15) is 16.8 Å². The van der Waals surface area contributed by atoms with Crippen LogP contribution in [0.15, 0.2) is 34.1 Å². The van der Waals surface area contributed by atoms with Crippen LogP contribution < -0.4 is 0 Å². The van der Waals surface area contributed by atoms with Gasteiger partial charge >= 0.3 is 0 Å². The monoisotopic (exact) mass is 320 g/mol. The highest BCUT2D eigenvalue weighted by molar-refractivity contribution is 7.86. The van der Waals surface area contributed by atoms with E-state index >= 15 is 0 Å². The lowest BCUT2D eigenvalue weighted by molar-refractivity contribution is 0.445. The summed E-state index contributed by atoms with van der Waals surface area (Å²) in [6.45, 7) is 0. The summed E-state index contributed by atoms with van der Waals surface area (Å²) in [4.78, 5) is -2.04. The second kappa shape index (κ2) is 4.31. The van der Waals surface area contributed by atoms with Gasteiger partial charge in [0.05, 0.1) is 0 Å². The van der Waals surface area contributed by atoms with Gasteiger partial charge in [0.25, 0.3) is 20.2 Å². The van der Waals surface area contributed by atoms with Crippen molar-refractivity contribution in [2.24, 2.45) is 0 Å². The first-order chi connectivity index (χ1) is 9.03. The molecule has 2 aromatic rings. The Kier molecular flexibility index (Phi) is 3.13. The Morgan fingerprint density at radius 2 is 1.40 bits per heavy atom. The van der Waals surface area contributed by atoms with Gasteiger partial charge in [-0.3, -0.25) is 9.11 Å². The molecule has 8 nitrogen and oxygen atoms in total. The molecule has 0 aliphatic rings. The zero-order chi connectivity index (χ0) is 15.3. The Morgan fingerprint density at radius 3 is 1.90 bits per heavy atom. The minimum absolute atomic E-state index is 0.354. The van der Waals surface area contributed by atoms with Gasteiger partial charge in [0, 0.05) is 10.8 Å². The largest absolute Gasteiger partial charge is 0.507 e. The fourth-order valence-corrected chi connectivity index (χ4v) is 3.22. The van der Waals surface area contributed by atoms with Crippen molar-refractivity contribution in [3.8, 4) is 11.5 Å². The third kappa shape index (κ3) is 2.29. The van der Waals surface area contributed by atoms with Gasteiger partial charge in [0.15, 0.2) is 0 Å². The highest BCUT2D eigenvalue weighted by Gasteiger charge is 2.26. The molecule has 20 heavy (non-hydrogen) atoms. The lowest BCUT2D eigenvalue weighted by Gasteiger charge is -2.10. The van der Waals surface area contributed by atoms with Crippen LogP contribution in [0.5, 0.6) is 11.5 Å². The normalized spacial score (nSPS) is 12.7. The van der Waals surface area contributed by atoms with Crippen LogP contribution in [0.2, 0.25) is 0 Å². The van der Waals surface area contributed by atoms with Crippen molar-refractivity contribution in [1.82, 2.24) is 0 Å². The first-order valence-corrected chi connectivity index (χ1v) is 7.84. The molecule has 2 aromatic carbocycles. The first kappa shape index (κ1) is 14.5. The molecule has 4 N–H and O–H groups in total. The van der Waals surface area contributed by atoms with Crippen LogP contribution >= 0.6 is 0 Å². The number of fused-ring (bicyclic) bond motifs is 1. The molecule has 108 valence electrons. The standard InChI is InChI=1S/C10H8O8S2/c11-6-3-1-2-5-9(6)7(19(13,14)15)4-8(10(5)12)20(16,17)18/h1-4,11-12H,(H,13,14,15)(H,16,17,18). The van der Waals surface area contributed by atoms with Gasteiger partial charge in [-0.05, 0) is 12.1 Å². The smallest absolute Gasteiger partial charge is 0.298 e. The topological polar surface area (TPSA) is 149 Å². The lowest BCUT2D eigenvalue weighted by atomic mass is 10.1. The fourth-order valence-electron chi connectivity index (χ4n) is 1.79. The predicted octanol–water partition coefficient (Wildman–Crippen LogP) is 0.744. The van der Waals surface area contributed by atoms with E-state index in [1.54, 1.807) is 0 Å². The Labute approximate surface area is 113 Å². The molecule has 0 atom stereocenters. The number of phenolic OH excluding ortho intramolecular Hbond substituents is 2. The van der Waals surface area contributed by atoms with Crippen LogP contribution in [0.1, 0.15) is 0 Å². The van der Waals surface area contributed by atoms with E-state index in [2.05, 4.69) is 0 Å². The van der Waals surface area contributed by atoms with Crippen LogP contribution in [0.4, 0.5) is 0 Å². The lowest BCUT2D eigenvalue weighted by Crippen LogP contribution is -2.05. The van der Waals surface area contributed by atoms with Gasteiger partial charge < -0.3 is 10.2 Å². The summed E-state index contributed by atoms with van der Waals surface area (Å²) in [7, 11) is -9.83. The third-order valence-electron chi connectivity index (χ3n) is 2.60. The second-order valence-corrected chi connectivity index (χ2v) is 6.65. The average Bonchev–Trinajstić information content (AvgIpc) is 2.27. The molecule has 0 saturated heterocycles. The zero-order valence-corrected chi connectivity index (χ0v) is 11.2. The molecule has 0 aromatic heterocycles. The summed E-state index contributed by atoms with van der Waals surface area (Å²) in [6.07, 6.45) is 0. The van der Waals surface area contributed by atoms with Crippen molar-refractivity contribution in [2.75, 3.05) is 0 Å². The van der Waals surface area contributed by atoms with Crippen molar-refractivity contribution in [3.63, 3.8) is 0 Å². The van der Waals surface area contributed by atoms with E-state index in [0.29, 0.717) is 6.07 Å². The number of hydrogen-bond donors (Lipinski definition) is 4. The molecule has 10 heteroatoms. The van der Waals surface area contributed by atoms with Gasteiger partial charge in [0.2, 0.25) is 0 Å². The summed E-state index contributed by atoms with van der Waals surface area (Å²) in [5.74, 6) is -1.53.